The zero-order chi connectivity index (χ0) is 12.8. The van der Waals surface area contributed by atoms with Crippen molar-refractivity contribution in [1.29, 1.82) is 0 Å². The summed E-state index contributed by atoms with van der Waals surface area (Å²) in [6.45, 7) is 5.08. The Balaban J connectivity index is 3.07. The Hall–Kier alpha value is -0.900. The van der Waals surface area contributed by atoms with Crippen molar-refractivity contribution in [3.05, 3.63) is 34.4 Å². The van der Waals surface area contributed by atoms with Gasteiger partial charge in [-0.15, -0.1) is 0 Å². The zero-order valence-corrected chi connectivity index (χ0v) is 11.7. The molecule has 0 amide bonds. The quantitative estimate of drug-likeness (QED) is 0.782. The van der Waals surface area contributed by atoms with E-state index in [1.165, 1.54) is 22.3 Å². The second kappa shape index (κ2) is 6.74. The second-order valence-corrected chi connectivity index (χ2v) is 4.84. The maximum absolute atomic E-state index is 3.24. The summed E-state index contributed by atoms with van der Waals surface area (Å²) in [5, 5.41) is 6.46. The Morgan fingerprint density at radius 2 is 1.59 bits per heavy atom. The van der Waals surface area contributed by atoms with Gasteiger partial charge in [-0.05, 0) is 57.4 Å². The van der Waals surface area contributed by atoms with E-state index in [2.05, 4.69) is 48.7 Å². The molecule has 96 valence electrons. The molecule has 0 aliphatic heterocycles. The van der Waals surface area contributed by atoms with Crippen molar-refractivity contribution in [3.63, 3.8) is 0 Å². The summed E-state index contributed by atoms with van der Waals surface area (Å²) in [5.41, 5.74) is 5.60. The summed E-state index contributed by atoms with van der Waals surface area (Å²) in [6, 6.07) is 4.60. The molecule has 0 bridgehead atoms. The highest BCUT2D eigenvalue weighted by Crippen LogP contribution is 2.18. The van der Waals surface area contributed by atoms with Gasteiger partial charge in [0.1, 0.15) is 0 Å². The van der Waals surface area contributed by atoms with Gasteiger partial charge in [-0.2, -0.15) is 0 Å². The normalized spacial score (nSPS) is 11.2. The standard InChI is InChI=1S/C14H25N3/c1-11-13(9-16-3)6-12(8-15-2)7-14(11)10-17(4)5/h6-7,15-16H,8-10H2,1-5H3. The number of rotatable bonds is 6. The fourth-order valence-electron chi connectivity index (χ4n) is 2.10. The third-order valence-corrected chi connectivity index (χ3v) is 2.92. The molecule has 1 aromatic carbocycles. The van der Waals surface area contributed by atoms with Crippen molar-refractivity contribution in [1.82, 2.24) is 15.5 Å². The lowest BCUT2D eigenvalue weighted by molar-refractivity contribution is 0.401. The second-order valence-electron chi connectivity index (χ2n) is 4.84. The van der Waals surface area contributed by atoms with Crippen LogP contribution in [0.3, 0.4) is 0 Å². The highest BCUT2D eigenvalue weighted by molar-refractivity contribution is 5.38. The van der Waals surface area contributed by atoms with Gasteiger partial charge in [0.25, 0.3) is 0 Å². The maximum atomic E-state index is 3.24. The van der Waals surface area contributed by atoms with Gasteiger partial charge in [0.15, 0.2) is 0 Å². The monoisotopic (exact) mass is 235 g/mol. The van der Waals surface area contributed by atoms with Crippen molar-refractivity contribution in [2.24, 2.45) is 0 Å². The summed E-state index contributed by atoms with van der Waals surface area (Å²) in [5.74, 6) is 0. The third-order valence-electron chi connectivity index (χ3n) is 2.92. The number of hydrogen-bond donors (Lipinski definition) is 2. The molecule has 3 nitrogen and oxygen atoms in total. The van der Waals surface area contributed by atoms with Gasteiger partial charge in [0.05, 0.1) is 0 Å². The number of hydrogen-bond acceptors (Lipinski definition) is 3. The van der Waals surface area contributed by atoms with Gasteiger partial charge < -0.3 is 15.5 Å². The number of nitrogens with one attached hydrogen (secondary N) is 2. The number of benzene rings is 1. The summed E-state index contributed by atoms with van der Waals surface area (Å²) in [4.78, 5) is 2.22. The van der Waals surface area contributed by atoms with Crippen LogP contribution in [0, 0.1) is 6.92 Å². The summed E-state index contributed by atoms with van der Waals surface area (Å²) in [7, 11) is 8.21. The van der Waals surface area contributed by atoms with E-state index in [0.717, 1.165) is 19.6 Å². The molecule has 2 N–H and O–H groups in total. The van der Waals surface area contributed by atoms with E-state index in [9.17, 15) is 0 Å². The maximum Gasteiger partial charge on any atom is 0.0230 e. The van der Waals surface area contributed by atoms with Gasteiger partial charge >= 0.3 is 0 Å². The zero-order valence-electron chi connectivity index (χ0n) is 11.7. The van der Waals surface area contributed by atoms with Crippen LogP contribution >= 0.6 is 0 Å². The predicted molar refractivity (Wildman–Crippen MR) is 74.1 cm³/mol. The summed E-state index contributed by atoms with van der Waals surface area (Å²) < 4.78 is 0. The van der Waals surface area contributed by atoms with Crippen LogP contribution in [0.5, 0.6) is 0 Å². The van der Waals surface area contributed by atoms with Crippen LogP contribution in [0.15, 0.2) is 12.1 Å². The molecule has 0 fully saturated rings. The highest BCUT2D eigenvalue weighted by atomic mass is 15.0. The van der Waals surface area contributed by atoms with Crippen molar-refractivity contribution in [2.45, 2.75) is 26.6 Å². The minimum Gasteiger partial charge on any atom is -0.316 e. The topological polar surface area (TPSA) is 27.3 Å². The average molecular weight is 235 g/mol. The SMILES string of the molecule is CNCc1cc(CNC)c(C)c(CN(C)C)c1. The van der Waals surface area contributed by atoms with Crippen molar-refractivity contribution >= 4 is 0 Å². The fraction of sp³-hybridized carbons (Fsp3) is 0.571. The predicted octanol–water partition coefficient (Wildman–Crippen LogP) is 1.50. The largest absolute Gasteiger partial charge is 0.316 e. The molecular formula is C14H25N3. The molecule has 17 heavy (non-hydrogen) atoms. The Bertz CT molecular complexity index is 359. The van der Waals surface area contributed by atoms with E-state index in [1.54, 1.807) is 0 Å². The van der Waals surface area contributed by atoms with E-state index in [-0.39, 0.29) is 0 Å². The molecule has 0 aliphatic rings. The van der Waals surface area contributed by atoms with Gasteiger partial charge in [-0.1, -0.05) is 12.1 Å². The van der Waals surface area contributed by atoms with E-state index in [4.69, 9.17) is 0 Å². The first-order chi connectivity index (χ1) is 8.08. The van der Waals surface area contributed by atoms with Crippen LogP contribution in [0.4, 0.5) is 0 Å². The first kappa shape index (κ1) is 14.2. The fourth-order valence-corrected chi connectivity index (χ4v) is 2.10. The molecule has 0 aromatic heterocycles. The van der Waals surface area contributed by atoms with E-state index >= 15 is 0 Å². The Labute approximate surface area is 105 Å². The van der Waals surface area contributed by atoms with E-state index < -0.39 is 0 Å². The Morgan fingerprint density at radius 1 is 1.00 bits per heavy atom. The van der Waals surface area contributed by atoms with Gasteiger partial charge in [0, 0.05) is 19.6 Å². The summed E-state index contributed by atoms with van der Waals surface area (Å²) >= 11 is 0. The molecule has 0 atom stereocenters. The minimum absolute atomic E-state index is 0.928. The number of nitrogens with zero attached hydrogens (tertiary/aromatic N) is 1. The molecule has 0 aliphatic carbocycles. The van der Waals surface area contributed by atoms with Crippen LogP contribution in [0.2, 0.25) is 0 Å². The lowest BCUT2D eigenvalue weighted by Crippen LogP contribution is -2.16. The smallest absolute Gasteiger partial charge is 0.0230 e. The minimum atomic E-state index is 0.928. The van der Waals surface area contributed by atoms with Crippen molar-refractivity contribution in [3.8, 4) is 0 Å². The molecule has 0 unspecified atom stereocenters. The molecule has 3 heteroatoms. The molecule has 0 spiro atoms. The Morgan fingerprint density at radius 3 is 2.12 bits per heavy atom. The van der Waals surface area contributed by atoms with Gasteiger partial charge in [-0.3, -0.25) is 0 Å². The van der Waals surface area contributed by atoms with E-state index in [0.29, 0.717) is 0 Å². The lowest BCUT2D eigenvalue weighted by Gasteiger charge is -2.17. The van der Waals surface area contributed by atoms with Crippen LogP contribution in [-0.2, 0) is 19.6 Å². The molecular weight excluding hydrogens is 210 g/mol. The van der Waals surface area contributed by atoms with Crippen molar-refractivity contribution < 1.29 is 0 Å². The van der Waals surface area contributed by atoms with E-state index in [1.807, 2.05) is 14.1 Å². The molecule has 1 rings (SSSR count). The van der Waals surface area contributed by atoms with Gasteiger partial charge in [0.2, 0.25) is 0 Å². The first-order valence-corrected chi connectivity index (χ1v) is 6.13. The van der Waals surface area contributed by atoms with Crippen LogP contribution in [-0.4, -0.2) is 33.1 Å². The van der Waals surface area contributed by atoms with Crippen molar-refractivity contribution in [2.75, 3.05) is 28.2 Å². The lowest BCUT2D eigenvalue weighted by atomic mass is 9.98. The highest BCUT2D eigenvalue weighted by Gasteiger charge is 2.07. The first-order valence-electron chi connectivity index (χ1n) is 6.13. The molecule has 1 aromatic rings. The molecule has 0 saturated heterocycles. The molecule has 0 heterocycles. The van der Waals surface area contributed by atoms with Gasteiger partial charge in [-0.25, -0.2) is 0 Å². The molecule has 0 radical (unpaired) electrons. The molecule has 0 saturated carbocycles. The van der Waals surface area contributed by atoms with Crippen LogP contribution < -0.4 is 10.6 Å². The Kier molecular flexibility index (Phi) is 5.62. The summed E-state index contributed by atoms with van der Waals surface area (Å²) in [6.07, 6.45) is 0. The van der Waals surface area contributed by atoms with Crippen LogP contribution in [0.25, 0.3) is 0 Å². The average Bonchev–Trinajstić information content (AvgIpc) is 2.24. The third kappa shape index (κ3) is 4.11. The van der Waals surface area contributed by atoms with Crippen LogP contribution in [0.1, 0.15) is 22.3 Å².